The topological polar surface area (TPSA) is 35.8 Å². The predicted octanol–water partition coefficient (Wildman–Crippen LogP) is 4.97. The third-order valence-electron chi connectivity index (χ3n) is 3.92. The van der Waals surface area contributed by atoms with Crippen molar-refractivity contribution in [2.24, 2.45) is 0 Å². The molecule has 0 bridgehead atoms. The zero-order chi connectivity index (χ0) is 14.9. The molecule has 1 aliphatic rings. The van der Waals surface area contributed by atoms with Crippen molar-refractivity contribution in [3.8, 4) is 6.07 Å². The number of fused-ring (bicyclic) bond motifs is 1. The Labute approximate surface area is 137 Å². The molecule has 0 heterocycles. The van der Waals surface area contributed by atoms with Gasteiger partial charge in [-0.15, -0.1) is 0 Å². The standard InChI is InChI=1S/C17H14BrClN2/c18-14-2-1-13-10-17(11-20,8-7-12(13)9-14)21-16-5-3-15(19)4-6-16/h1-6,9,21H,7-8,10H2. The minimum absolute atomic E-state index is 0.547. The summed E-state index contributed by atoms with van der Waals surface area (Å²) < 4.78 is 1.09. The third kappa shape index (κ3) is 3.07. The van der Waals surface area contributed by atoms with E-state index in [1.807, 2.05) is 30.3 Å². The van der Waals surface area contributed by atoms with Crippen LogP contribution < -0.4 is 5.32 Å². The van der Waals surface area contributed by atoms with E-state index >= 15 is 0 Å². The molecule has 0 radical (unpaired) electrons. The second-order valence-electron chi connectivity index (χ2n) is 5.42. The van der Waals surface area contributed by atoms with Crippen molar-refractivity contribution in [1.82, 2.24) is 0 Å². The summed E-state index contributed by atoms with van der Waals surface area (Å²) in [5.41, 5.74) is 2.96. The molecule has 0 saturated heterocycles. The van der Waals surface area contributed by atoms with Gasteiger partial charge in [0.2, 0.25) is 0 Å². The molecule has 0 fully saturated rings. The van der Waals surface area contributed by atoms with E-state index in [0.29, 0.717) is 5.02 Å². The van der Waals surface area contributed by atoms with E-state index in [-0.39, 0.29) is 0 Å². The van der Waals surface area contributed by atoms with Crippen molar-refractivity contribution in [1.29, 1.82) is 5.26 Å². The van der Waals surface area contributed by atoms with Gasteiger partial charge in [-0.2, -0.15) is 5.26 Å². The number of hydrogen-bond donors (Lipinski definition) is 1. The fourth-order valence-electron chi connectivity index (χ4n) is 2.80. The molecule has 1 atom stereocenters. The lowest BCUT2D eigenvalue weighted by atomic mass is 9.78. The molecule has 0 saturated carbocycles. The van der Waals surface area contributed by atoms with Gasteiger partial charge in [0.1, 0.15) is 5.54 Å². The molecule has 21 heavy (non-hydrogen) atoms. The van der Waals surface area contributed by atoms with E-state index in [2.05, 4.69) is 39.4 Å². The van der Waals surface area contributed by atoms with Crippen LogP contribution in [0.1, 0.15) is 17.5 Å². The number of rotatable bonds is 2. The summed E-state index contributed by atoms with van der Waals surface area (Å²) in [5, 5.41) is 13.8. The number of hydrogen-bond acceptors (Lipinski definition) is 2. The van der Waals surface area contributed by atoms with Crippen LogP contribution >= 0.6 is 27.5 Å². The summed E-state index contributed by atoms with van der Waals surface area (Å²) in [5.74, 6) is 0. The second kappa shape index (κ2) is 5.71. The average Bonchev–Trinajstić information content (AvgIpc) is 2.50. The molecule has 4 heteroatoms. The zero-order valence-electron chi connectivity index (χ0n) is 11.4. The lowest BCUT2D eigenvalue weighted by molar-refractivity contribution is 0.507. The molecule has 106 valence electrons. The van der Waals surface area contributed by atoms with Gasteiger partial charge in [0, 0.05) is 21.6 Å². The van der Waals surface area contributed by atoms with Crippen molar-refractivity contribution < 1.29 is 0 Å². The third-order valence-corrected chi connectivity index (χ3v) is 4.67. The van der Waals surface area contributed by atoms with Crippen molar-refractivity contribution in [2.45, 2.75) is 24.8 Å². The average molecular weight is 362 g/mol. The van der Waals surface area contributed by atoms with Crippen molar-refractivity contribution in [2.75, 3.05) is 5.32 Å². The molecule has 3 rings (SSSR count). The minimum Gasteiger partial charge on any atom is -0.367 e. The Bertz CT molecular complexity index is 706. The largest absolute Gasteiger partial charge is 0.367 e. The molecule has 0 spiro atoms. The fraction of sp³-hybridized carbons (Fsp3) is 0.235. The van der Waals surface area contributed by atoms with Crippen LogP contribution in [0.5, 0.6) is 0 Å². The molecule has 2 aromatic carbocycles. The van der Waals surface area contributed by atoms with Gasteiger partial charge in [0.25, 0.3) is 0 Å². The Kier molecular flexibility index (Phi) is 3.93. The van der Waals surface area contributed by atoms with Crippen molar-refractivity contribution >= 4 is 33.2 Å². The van der Waals surface area contributed by atoms with Crippen LogP contribution in [0, 0.1) is 11.3 Å². The van der Waals surface area contributed by atoms with E-state index in [9.17, 15) is 5.26 Å². The first-order valence-corrected chi connectivity index (χ1v) is 8.00. The maximum atomic E-state index is 9.69. The van der Waals surface area contributed by atoms with Crippen molar-refractivity contribution in [3.63, 3.8) is 0 Å². The summed E-state index contributed by atoms with van der Waals surface area (Å²) in [6, 6.07) is 16.3. The summed E-state index contributed by atoms with van der Waals surface area (Å²) in [7, 11) is 0. The molecule has 2 nitrogen and oxygen atoms in total. The summed E-state index contributed by atoms with van der Waals surface area (Å²) in [6.07, 6.45) is 2.42. The van der Waals surface area contributed by atoms with Gasteiger partial charge in [-0.3, -0.25) is 0 Å². The Hall–Kier alpha value is -1.50. The van der Waals surface area contributed by atoms with Crippen LogP contribution in [-0.2, 0) is 12.8 Å². The van der Waals surface area contributed by atoms with Gasteiger partial charge >= 0.3 is 0 Å². The molecule has 0 aliphatic heterocycles. The first-order chi connectivity index (χ1) is 10.1. The number of halogens is 2. The number of nitriles is 1. The molecular weight excluding hydrogens is 348 g/mol. The Morgan fingerprint density at radius 1 is 1.14 bits per heavy atom. The fourth-order valence-corrected chi connectivity index (χ4v) is 3.34. The summed E-state index contributed by atoms with van der Waals surface area (Å²) >= 11 is 9.41. The van der Waals surface area contributed by atoms with Crippen LogP contribution in [0.3, 0.4) is 0 Å². The van der Waals surface area contributed by atoms with Crippen molar-refractivity contribution in [3.05, 3.63) is 63.1 Å². The lowest BCUT2D eigenvalue weighted by Gasteiger charge is -2.34. The first kappa shape index (κ1) is 14.4. The van der Waals surface area contributed by atoms with Crippen LogP contribution in [0.15, 0.2) is 46.9 Å². The Morgan fingerprint density at radius 3 is 2.62 bits per heavy atom. The highest BCUT2D eigenvalue weighted by Gasteiger charge is 2.34. The number of aryl methyl sites for hydroxylation is 1. The summed E-state index contributed by atoms with van der Waals surface area (Å²) in [6.45, 7) is 0. The maximum absolute atomic E-state index is 9.69. The first-order valence-electron chi connectivity index (χ1n) is 6.83. The molecule has 2 aromatic rings. The van der Waals surface area contributed by atoms with Gasteiger partial charge in [-0.25, -0.2) is 0 Å². The van der Waals surface area contributed by atoms with Crippen LogP contribution in [0.4, 0.5) is 5.69 Å². The minimum atomic E-state index is -0.547. The molecule has 1 aliphatic carbocycles. The van der Waals surface area contributed by atoms with Crippen LogP contribution in [0.2, 0.25) is 5.02 Å². The molecule has 1 N–H and O–H groups in total. The van der Waals surface area contributed by atoms with Gasteiger partial charge in [0.05, 0.1) is 6.07 Å². The highest BCUT2D eigenvalue weighted by atomic mass is 79.9. The van der Waals surface area contributed by atoms with E-state index in [4.69, 9.17) is 11.6 Å². The van der Waals surface area contributed by atoms with Gasteiger partial charge in [-0.05, 0) is 60.4 Å². The molecule has 1 unspecified atom stereocenters. The van der Waals surface area contributed by atoms with Crippen LogP contribution in [-0.4, -0.2) is 5.54 Å². The van der Waals surface area contributed by atoms with E-state index in [0.717, 1.165) is 29.4 Å². The SMILES string of the molecule is N#CC1(Nc2ccc(Cl)cc2)CCc2cc(Br)ccc2C1. The predicted molar refractivity (Wildman–Crippen MR) is 89.6 cm³/mol. The maximum Gasteiger partial charge on any atom is 0.129 e. The molecule has 0 aromatic heterocycles. The number of nitrogens with one attached hydrogen (secondary N) is 1. The Morgan fingerprint density at radius 2 is 1.90 bits per heavy atom. The highest BCUT2D eigenvalue weighted by molar-refractivity contribution is 9.10. The molecular formula is C17H14BrClN2. The van der Waals surface area contributed by atoms with E-state index < -0.39 is 5.54 Å². The lowest BCUT2D eigenvalue weighted by Crippen LogP contribution is -2.42. The smallest absolute Gasteiger partial charge is 0.129 e. The molecule has 0 amide bonds. The monoisotopic (exact) mass is 360 g/mol. The Balaban J connectivity index is 1.87. The van der Waals surface area contributed by atoms with Gasteiger partial charge in [0.15, 0.2) is 0 Å². The zero-order valence-corrected chi connectivity index (χ0v) is 13.7. The van der Waals surface area contributed by atoms with E-state index in [1.165, 1.54) is 11.1 Å². The summed E-state index contributed by atoms with van der Waals surface area (Å²) in [4.78, 5) is 0. The highest BCUT2D eigenvalue weighted by Crippen LogP contribution is 2.33. The number of benzene rings is 2. The van der Waals surface area contributed by atoms with Gasteiger partial charge in [-0.1, -0.05) is 33.6 Å². The quantitative estimate of drug-likeness (QED) is 0.820. The number of nitrogens with zero attached hydrogens (tertiary/aromatic N) is 1. The van der Waals surface area contributed by atoms with Crippen LogP contribution in [0.25, 0.3) is 0 Å². The number of anilines is 1. The second-order valence-corrected chi connectivity index (χ2v) is 6.77. The van der Waals surface area contributed by atoms with Gasteiger partial charge < -0.3 is 5.32 Å². The normalized spacial score (nSPS) is 20.4. The van der Waals surface area contributed by atoms with E-state index in [1.54, 1.807) is 0 Å².